The molecule has 0 heterocycles. The molecule has 1 saturated carbocycles. The third kappa shape index (κ3) is 1.73. The van der Waals surface area contributed by atoms with E-state index in [1.165, 1.54) is 6.08 Å². The summed E-state index contributed by atoms with van der Waals surface area (Å²) in [6, 6.07) is -0.104. The van der Waals surface area contributed by atoms with E-state index < -0.39 is 9.05 Å². The molecule has 2 bridgehead atoms. The van der Waals surface area contributed by atoms with E-state index in [-0.39, 0.29) is 22.8 Å². The van der Waals surface area contributed by atoms with E-state index in [1.807, 2.05) is 6.92 Å². The van der Waals surface area contributed by atoms with Crippen LogP contribution in [0.1, 0.15) is 6.92 Å². The summed E-state index contributed by atoms with van der Waals surface area (Å²) in [7, 11) is 1.60. The van der Waals surface area contributed by atoms with E-state index in [2.05, 4.69) is 5.48 Å². The molecule has 0 aliphatic heterocycles. The van der Waals surface area contributed by atoms with E-state index in [9.17, 15) is 8.42 Å². The monoisotopic (exact) mass is 249 g/mol. The quantitative estimate of drug-likeness (QED) is 0.571. The second kappa shape index (κ2) is 3.59. The van der Waals surface area contributed by atoms with Crippen LogP contribution in [0.25, 0.3) is 0 Å². The SMILES string of the molecule is CC1C2C=CC(S(=O)(=O)Cl)=CC1C2NO. The zero-order valence-electron chi connectivity index (χ0n) is 8.09. The van der Waals surface area contributed by atoms with Crippen LogP contribution in [0.5, 0.6) is 0 Å². The number of hydroxylamine groups is 1. The van der Waals surface area contributed by atoms with Gasteiger partial charge in [-0.15, -0.1) is 0 Å². The van der Waals surface area contributed by atoms with E-state index in [0.29, 0.717) is 5.92 Å². The Morgan fingerprint density at radius 1 is 1.47 bits per heavy atom. The van der Waals surface area contributed by atoms with Gasteiger partial charge in [0.1, 0.15) is 0 Å². The van der Waals surface area contributed by atoms with Crippen molar-refractivity contribution in [1.82, 2.24) is 5.48 Å². The van der Waals surface area contributed by atoms with Crippen molar-refractivity contribution in [2.45, 2.75) is 13.0 Å². The Kier molecular flexibility index (Phi) is 2.66. The average molecular weight is 250 g/mol. The fourth-order valence-corrected chi connectivity index (χ4v) is 3.23. The smallest absolute Gasteiger partial charge is 0.260 e. The largest absolute Gasteiger partial charge is 0.317 e. The lowest BCUT2D eigenvalue weighted by Gasteiger charge is -2.46. The van der Waals surface area contributed by atoms with Crippen LogP contribution < -0.4 is 5.48 Å². The topological polar surface area (TPSA) is 66.4 Å². The Bertz CT molecular complexity index is 429. The zero-order chi connectivity index (χ0) is 11.2. The predicted octanol–water partition coefficient (Wildman–Crippen LogP) is 1.24. The summed E-state index contributed by atoms with van der Waals surface area (Å²) in [6.45, 7) is 2.02. The normalized spacial score (nSPS) is 39.3. The molecule has 84 valence electrons. The summed E-state index contributed by atoms with van der Waals surface area (Å²) in [5.74, 6) is 0.493. The maximum absolute atomic E-state index is 11.2. The molecule has 4 atom stereocenters. The fraction of sp³-hybridized carbons (Fsp3) is 0.556. The van der Waals surface area contributed by atoms with Gasteiger partial charge in [-0.1, -0.05) is 19.1 Å². The molecule has 0 aromatic rings. The van der Waals surface area contributed by atoms with Crippen LogP contribution in [0, 0.1) is 17.8 Å². The number of rotatable bonds is 2. The van der Waals surface area contributed by atoms with E-state index in [1.54, 1.807) is 12.2 Å². The number of nitrogens with one attached hydrogen (secondary N) is 1. The molecule has 0 radical (unpaired) electrons. The van der Waals surface area contributed by atoms with Gasteiger partial charge in [-0.2, -0.15) is 0 Å². The van der Waals surface area contributed by atoms with Crippen molar-refractivity contribution >= 4 is 19.7 Å². The van der Waals surface area contributed by atoms with Gasteiger partial charge in [-0.05, 0) is 23.8 Å². The third-order valence-electron chi connectivity index (χ3n) is 3.31. The zero-order valence-corrected chi connectivity index (χ0v) is 9.66. The molecule has 0 aromatic carbocycles. The lowest BCUT2D eigenvalue weighted by molar-refractivity contribution is -0.00594. The molecule has 2 N–H and O–H groups in total. The molecule has 3 rings (SSSR count). The molecule has 3 aliphatic carbocycles. The first kappa shape index (κ1) is 11.1. The number of hydrogen-bond donors (Lipinski definition) is 2. The molecule has 0 aromatic heterocycles. The van der Waals surface area contributed by atoms with Gasteiger partial charge in [0.05, 0.1) is 4.91 Å². The summed E-state index contributed by atoms with van der Waals surface area (Å²) in [5, 5.41) is 8.93. The molecule has 0 amide bonds. The second-order valence-corrected chi connectivity index (χ2v) is 6.60. The summed E-state index contributed by atoms with van der Waals surface area (Å²) in [6.07, 6.45) is 4.91. The molecule has 6 heteroatoms. The molecule has 0 saturated heterocycles. The molecular weight excluding hydrogens is 238 g/mol. The van der Waals surface area contributed by atoms with Gasteiger partial charge >= 0.3 is 0 Å². The lowest BCUT2D eigenvalue weighted by Crippen LogP contribution is -2.54. The van der Waals surface area contributed by atoms with Gasteiger partial charge in [0, 0.05) is 16.7 Å². The lowest BCUT2D eigenvalue weighted by atomic mass is 9.62. The Morgan fingerprint density at radius 2 is 2.13 bits per heavy atom. The molecule has 1 fully saturated rings. The highest BCUT2D eigenvalue weighted by molar-refractivity contribution is 8.17. The standard InChI is InChI=1S/C9H12ClNO3S/c1-5-7-3-2-6(15(10,13)14)4-8(5)9(7)11-12/h2-5,7-9,11-12H,1H3. The number of fused-ring (bicyclic) bond motifs is 1. The van der Waals surface area contributed by atoms with Gasteiger partial charge < -0.3 is 5.21 Å². The Morgan fingerprint density at radius 3 is 2.67 bits per heavy atom. The Hall–Kier alpha value is -0.360. The van der Waals surface area contributed by atoms with Crippen LogP contribution in [0.15, 0.2) is 23.1 Å². The summed E-state index contributed by atoms with van der Waals surface area (Å²) < 4.78 is 22.3. The first-order valence-electron chi connectivity index (χ1n) is 4.69. The number of hydrogen-bond acceptors (Lipinski definition) is 4. The van der Waals surface area contributed by atoms with Gasteiger partial charge in [0.15, 0.2) is 0 Å². The third-order valence-corrected chi connectivity index (χ3v) is 4.68. The maximum atomic E-state index is 11.2. The molecular formula is C9H12ClNO3S. The average Bonchev–Trinajstić information content (AvgIpc) is 2.43. The number of allylic oxidation sites excluding steroid dienone is 1. The minimum absolute atomic E-state index is 0.0125. The van der Waals surface area contributed by atoms with E-state index >= 15 is 0 Å². The molecule has 3 aliphatic rings. The first-order valence-corrected chi connectivity index (χ1v) is 7.00. The highest BCUT2D eigenvalue weighted by Crippen LogP contribution is 2.45. The summed E-state index contributed by atoms with van der Waals surface area (Å²) >= 11 is 0. The molecule has 4 unspecified atom stereocenters. The van der Waals surface area contributed by atoms with Crippen LogP contribution in [0.3, 0.4) is 0 Å². The molecule has 0 spiro atoms. The first-order chi connectivity index (χ1) is 6.95. The predicted molar refractivity (Wildman–Crippen MR) is 56.9 cm³/mol. The van der Waals surface area contributed by atoms with Crippen molar-refractivity contribution in [2.75, 3.05) is 0 Å². The van der Waals surface area contributed by atoms with Crippen molar-refractivity contribution in [2.24, 2.45) is 17.8 Å². The van der Waals surface area contributed by atoms with Crippen LogP contribution in [0.4, 0.5) is 0 Å². The second-order valence-electron chi connectivity index (χ2n) is 4.03. The van der Waals surface area contributed by atoms with Crippen molar-refractivity contribution in [3.8, 4) is 0 Å². The van der Waals surface area contributed by atoms with Crippen molar-refractivity contribution in [3.05, 3.63) is 23.1 Å². The Balaban J connectivity index is 2.37. The minimum Gasteiger partial charge on any atom is -0.317 e. The van der Waals surface area contributed by atoms with Crippen molar-refractivity contribution in [3.63, 3.8) is 0 Å². The van der Waals surface area contributed by atoms with Gasteiger partial charge in [0.2, 0.25) is 0 Å². The van der Waals surface area contributed by atoms with Crippen LogP contribution in [0.2, 0.25) is 0 Å². The molecule has 15 heavy (non-hydrogen) atoms. The molecule has 4 nitrogen and oxygen atoms in total. The number of halogens is 1. The van der Waals surface area contributed by atoms with Gasteiger partial charge in [0.25, 0.3) is 9.05 Å². The van der Waals surface area contributed by atoms with Gasteiger partial charge in [-0.3, -0.25) is 0 Å². The van der Waals surface area contributed by atoms with Crippen LogP contribution >= 0.6 is 10.7 Å². The highest BCUT2D eigenvalue weighted by Gasteiger charge is 2.46. The van der Waals surface area contributed by atoms with E-state index in [4.69, 9.17) is 15.9 Å². The minimum atomic E-state index is -3.67. The maximum Gasteiger partial charge on any atom is 0.260 e. The van der Waals surface area contributed by atoms with Crippen LogP contribution in [-0.4, -0.2) is 19.7 Å². The van der Waals surface area contributed by atoms with Crippen molar-refractivity contribution in [1.29, 1.82) is 0 Å². The Labute approximate surface area is 93.0 Å². The van der Waals surface area contributed by atoms with Crippen LogP contribution in [-0.2, 0) is 9.05 Å². The highest BCUT2D eigenvalue weighted by atomic mass is 35.7. The van der Waals surface area contributed by atoms with E-state index in [0.717, 1.165) is 0 Å². The summed E-state index contributed by atoms with van der Waals surface area (Å²) in [5.41, 5.74) is 2.21. The van der Waals surface area contributed by atoms with Crippen molar-refractivity contribution < 1.29 is 13.6 Å². The fourth-order valence-electron chi connectivity index (χ4n) is 2.36. The van der Waals surface area contributed by atoms with Gasteiger partial charge in [-0.25, -0.2) is 13.9 Å². The summed E-state index contributed by atoms with van der Waals surface area (Å²) in [4.78, 5) is 0.126.